The van der Waals surface area contributed by atoms with E-state index in [0.29, 0.717) is 11.4 Å². The van der Waals surface area contributed by atoms with E-state index in [1.165, 1.54) is 24.5 Å². The van der Waals surface area contributed by atoms with E-state index in [2.05, 4.69) is 25.7 Å². The Balaban J connectivity index is 1.71. The molecule has 3 rings (SSSR count). The van der Waals surface area contributed by atoms with Crippen molar-refractivity contribution in [1.82, 2.24) is 19.7 Å². The van der Waals surface area contributed by atoms with E-state index >= 15 is 0 Å². The predicted molar refractivity (Wildman–Crippen MR) is 108 cm³/mol. The molecule has 3 aromatic rings. The van der Waals surface area contributed by atoms with Crippen LogP contribution in [-0.4, -0.2) is 34.3 Å². The number of aryl methyl sites for hydroxylation is 1. The van der Waals surface area contributed by atoms with E-state index in [1.54, 1.807) is 19.1 Å². The van der Waals surface area contributed by atoms with Gasteiger partial charge in [-0.3, -0.25) is 4.68 Å². The van der Waals surface area contributed by atoms with Crippen molar-refractivity contribution in [2.75, 3.05) is 10.6 Å². The van der Waals surface area contributed by atoms with E-state index in [-0.39, 0.29) is 28.2 Å². The Morgan fingerprint density at radius 2 is 1.90 bits per heavy atom. The lowest BCUT2D eigenvalue weighted by Gasteiger charge is -2.10. The van der Waals surface area contributed by atoms with Gasteiger partial charge in [-0.1, -0.05) is 23.7 Å². The highest BCUT2D eigenvalue weighted by Crippen LogP contribution is 2.24. The average Bonchev–Trinajstić information content (AvgIpc) is 2.98. The lowest BCUT2D eigenvalue weighted by Crippen LogP contribution is -2.17. The predicted octanol–water partition coefficient (Wildman–Crippen LogP) is 3.20. The second-order valence-corrected chi connectivity index (χ2v) is 8.47. The number of nitrogens with zero attached hydrogens (tertiary/aromatic N) is 4. The minimum absolute atomic E-state index is 0.00996. The van der Waals surface area contributed by atoms with E-state index in [9.17, 15) is 21.6 Å². The number of rotatable bonds is 7. The van der Waals surface area contributed by atoms with Crippen LogP contribution in [0.15, 0.2) is 41.6 Å². The van der Waals surface area contributed by atoms with Crippen LogP contribution in [0, 0.1) is 6.92 Å². The molecule has 0 amide bonds. The first kappa shape index (κ1) is 22.8. The summed E-state index contributed by atoms with van der Waals surface area (Å²) in [7, 11) is -3.78. The SMILES string of the molecule is Cc1nn(CC(F)(F)F)cc1Nc1ncc(Cl)c(NCc2ccc(S(N)(=O)=O)cc2)n1. The molecule has 4 N–H and O–H groups in total. The molecule has 1 aromatic carbocycles. The molecular formula is C17H17ClF3N7O2S. The maximum atomic E-state index is 12.5. The molecule has 14 heteroatoms. The van der Waals surface area contributed by atoms with Crippen molar-refractivity contribution < 1.29 is 21.6 Å². The lowest BCUT2D eigenvalue weighted by atomic mass is 10.2. The largest absolute Gasteiger partial charge is 0.408 e. The zero-order valence-corrected chi connectivity index (χ0v) is 17.6. The number of hydrogen-bond donors (Lipinski definition) is 3. The minimum Gasteiger partial charge on any atom is -0.365 e. The molecule has 2 aromatic heterocycles. The summed E-state index contributed by atoms with van der Waals surface area (Å²) in [6.07, 6.45) is -1.85. The molecule has 9 nitrogen and oxygen atoms in total. The van der Waals surface area contributed by atoms with Gasteiger partial charge in [0.25, 0.3) is 0 Å². The molecule has 0 saturated heterocycles. The summed E-state index contributed by atoms with van der Waals surface area (Å²) in [5.74, 6) is 0.376. The van der Waals surface area contributed by atoms with Gasteiger partial charge in [0.05, 0.1) is 22.5 Å². The zero-order chi connectivity index (χ0) is 22.8. The van der Waals surface area contributed by atoms with Gasteiger partial charge in [0, 0.05) is 12.7 Å². The highest BCUT2D eigenvalue weighted by molar-refractivity contribution is 7.89. The summed E-state index contributed by atoms with van der Waals surface area (Å²) in [6, 6.07) is 5.92. The third kappa shape index (κ3) is 6.29. The van der Waals surface area contributed by atoms with Gasteiger partial charge in [-0.25, -0.2) is 18.5 Å². The van der Waals surface area contributed by atoms with Crippen molar-refractivity contribution in [1.29, 1.82) is 0 Å². The van der Waals surface area contributed by atoms with Gasteiger partial charge in [-0.15, -0.1) is 0 Å². The lowest BCUT2D eigenvalue weighted by molar-refractivity contribution is -0.142. The third-order valence-electron chi connectivity index (χ3n) is 3.99. The van der Waals surface area contributed by atoms with E-state index < -0.39 is 22.7 Å². The number of halogens is 4. The fourth-order valence-corrected chi connectivity index (χ4v) is 3.23. The molecular weight excluding hydrogens is 459 g/mol. The maximum Gasteiger partial charge on any atom is 0.408 e. The second kappa shape index (κ2) is 8.69. The Morgan fingerprint density at radius 3 is 2.52 bits per heavy atom. The van der Waals surface area contributed by atoms with Crippen LogP contribution in [-0.2, 0) is 23.1 Å². The Hall–Kier alpha value is -2.90. The average molecular weight is 476 g/mol. The number of primary sulfonamides is 1. The van der Waals surface area contributed by atoms with Crippen LogP contribution < -0.4 is 15.8 Å². The number of aromatic nitrogens is 4. The van der Waals surface area contributed by atoms with Crippen LogP contribution in [0.3, 0.4) is 0 Å². The van der Waals surface area contributed by atoms with Gasteiger partial charge in [0.15, 0.2) is 5.82 Å². The topological polar surface area (TPSA) is 128 Å². The first-order valence-corrected chi connectivity index (χ1v) is 10.6. The van der Waals surface area contributed by atoms with Crippen molar-refractivity contribution in [3.8, 4) is 0 Å². The van der Waals surface area contributed by atoms with Gasteiger partial charge in [0.2, 0.25) is 16.0 Å². The van der Waals surface area contributed by atoms with Crippen LogP contribution in [0.4, 0.5) is 30.6 Å². The van der Waals surface area contributed by atoms with Crippen LogP contribution in [0.2, 0.25) is 5.02 Å². The summed E-state index contributed by atoms with van der Waals surface area (Å²) < 4.78 is 61.0. The maximum absolute atomic E-state index is 12.5. The molecule has 0 spiro atoms. The summed E-state index contributed by atoms with van der Waals surface area (Å²) in [5.41, 5.74) is 1.39. The van der Waals surface area contributed by atoms with Gasteiger partial charge >= 0.3 is 6.18 Å². The highest BCUT2D eigenvalue weighted by atomic mass is 35.5. The number of benzene rings is 1. The number of nitrogens with two attached hydrogens (primary N) is 1. The molecule has 2 heterocycles. The fourth-order valence-electron chi connectivity index (χ4n) is 2.56. The van der Waals surface area contributed by atoms with Crippen LogP contribution in [0.1, 0.15) is 11.3 Å². The molecule has 0 aliphatic rings. The highest BCUT2D eigenvalue weighted by Gasteiger charge is 2.28. The first-order valence-electron chi connectivity index (χ1n) is 8.67. The molecule has 0 bridgehead atoms. The number of hydrogen-bond acceptors (Lipinski definition) is 7. The van der Waals surface area contributed by atoms with E-state index in [1.807, 2.05) is 0 Å². The van der Waals surface area contributed by atoms with Crippen molar-refractivity contribution >= 4 is 39.1 Å². The summed E-state index contributed by atoms with van der Waals surface area (Å²) in [4.78, 5) is 8.23. The van der Waals surface area contributed by atoms with Crippen LogP contribution in [0.25, 0.3) is 0 Å². The van der Waals surface area contributed by atoms with Crippen molar-refractivity contribution in [2.24, 2.45) is 5.14 Å². The summed E-state index contributed by atoms with van der Waals surface area (Å²) in [6.45, 7) is 0.604. The molecule has 31 heavy (non-hydrogen) atoms. The Kier molecular flexibility index (Phi) is 6.38. The third-order valence-corrected chi connectivity index (χ3v) is 5.20. The van der Waals surface area contributed by atoms with Gasteiger partial charge in [-0.2, -0.15) is 23.3 Å². The Morgan fingerprint density at radius 1 is 1.23 bits per heavy atom. The van der Waals surface area contributed by atoms with Gasteiger partial charge in [-0.05, 0) is 24.6 Å². The van der Waals surface area contributed by atoms with Gasteiger partial charge in [0.1, 0.15) is 11.6 Å². The monoisotopic (exact) mass is 475 g/mol. The minimum atomic E-state index is -4.39. The summed E-state index contributed by atoms with van der Waals surface area (Å²) in [5, 5.41) is 14.9. The number of nitrogens with one attached hydrogen (secondary N) is 2. The smallest absolute Gasteiger partial charge is 0.365 e. The van der Waals surface area contributed by atoms with E-state index in [0.717, 1.165) is 10.2 Å². The molecule has 0 fully saturated rings. The number of sulfonamides is 1. The Labute approximate surface area is 180 Å². The Bertz CT molecular complexity index is 1180. The molecule has 0 aliphatic carbocycles. The van der Waals surface area contributed by atoms with Crippen LogP contribution >= 0.6 is 11.6 Å². The van der Waals surface area contributed by atoms with Crippen molar-refractivity contribution in [3.05, 3.63) is 52.9 Å². The summed E-state index contributed by atoms with van der Waals surface area (Å²) >= 11 is 6.11. The zero-order valence-electron chi connectivity index (χ0n) is 16.0. The van der Waals surface area contributed by atoms with E-state index in [4.69, 9.17) is 16.7 Å². The molecule has 0 unspecified atom stereocenters. The van der Waals surface area contributed by atoms with Crippen LogP contribution in [0.5, 0.6) is 0 Å². The number of alkyl halides is 3. The quantitative estimate of drug-likeness (QED) is 0.478. The molecule has 0 radical (unpaired) electrons. The molecule has 166 valence electrons. The first-order chi connectivity index (χ1) is 14.4. The second-order valence-electron chi connectivity index (χ2n) is 6.50. The fraction of sp³-hybridized carbons (Fsp3) is 0.235. The standard InChI is InChI=1S/C17H17ClF3N7O2S/c1-10-14(8-28(27-10)9-17(19,20)21)25-16-24-7-13(18)15(26-16)23-6-11-2-4-12(5-3-11)31(22,29)30/h2-5,7-8H,6,9H2,1H3,(H2,22,29,30)(H2,23,24,25,26). The molecule has 0 atom stereocenters. The van der Waals surface area contributed by atoms with Crippen molar-refractivity contribution in [2.45, 2.75) is 31.1 Å². The van der Waals surface area contributed by atoms with Gasteiger partial charge < -0.3 is 10.6 Å². The number of anilines is 3. The normalized spacial score (nSPS) is 12.1. The van der Waals surface area contributed by atoms with Crippen molar-refractivity contribution in [3.63, 3.8) is 0 Å². The molecule has 0 aliphatic heterocycles. The molecule has 0 saturated carbocycles.